The third kappa shape index (κ3) is 3.79. The molecule has 27 heavy (non-hydrogen) atoms. The number of halogens is 2. The van der Waals surface area contributed by atoms with Gasteiger partial charge in [-0.3, -0.25) is 0 Å². The van der Waals surface area contributed by atoms with Gasteiger partial charge >= 0.3 is 0 Å². The first-order chi connectivity index (χ1) is 13.1. The number of hydrogen-bond donors (Lipinski definition) is 1. The van der Waals surface area contributed by atoms with Crippen molar-refractivity contribution in [3.8, 4) is 0 Å². The van der Waals surface area contributed by atoms with Gasteiger partial charge in [0.05, 0.1) is 23.7 Å². The van der Waals surface area contributed by atoms with Gasteiger partial charge in [-0.25, -0.2) is 4.98 Å². The van der Waals surface area contributed by atoms with Gasteiger partial charge in [0.25, 0.3) is 0 Å². The molecule has 0 radical (unpaired) electrons. The molecule has 0 saturated heterocycles. The average Bonchev–Trinajstić information content (AvgIpc) is 3.01. The fourth-order valence-electron chi connectivity index (χ4n) is 3.28. The number of rotatable bonds is 5. The standard InChI is InChI=1S/C22H18BrClN2O/c23-17-9-3-1-7-15(17)14-26-20-12-6-5-11-19(20)25-22(26)13-21(27)16-8-2-4-10-18(16)24/h1-12,21,27H,13-14H2/t21-/m0/s1. The number of aromatic nitrogens is 2. The van der Waals surface area contributed by atoms with Crippen LogP contribution in [0.1, 0.15) is 23.1 Å². The first-order valence-electron chi connectivity index (χ1n) is 8.73. The van der Waals surface area contributed by atoms with Gasteiger partial charge in [0.2, 0.25) is 0 Å². The van der Waals surface area contributed by atoms with E-state index < -0.39 is 6.10 Å². The van der Waals surface area contributed by atoms with Crippen molar-refractivity contribution in [2.45, 2.75) is 19.1 Å². The lowest BCUT2D eigenvalue weighted by Crippen LogP contribution is -2.11. The smallest absolute Gasteiger partial charge is 0.113 e. The minimum Gasteiger partial charge on any atom is -0.388 e. The van der Waals surface area contributed by atoms with Gasteiger partial charge in [-0.05, 0) is 35.4 Å². The molecule has 0 aliphatic rings. The normalized spacial score (nSPS) is 12.4. The van der Waals surface area contributed by atoms with Gasteiger partial charge in [-0.2, -0.15) is 0 Å². The molecule has 1 atom stereocenters. The molecule has 0 bridgehead atoms. The van der Waals surface area contributed by atoms with Crippen LogP contribution >= 0.6 is 27.5 Å². The molecule has 0 aliphatic heterocycles. The van der Waals surface area contributed by atoms with E-state index in [9.17, 15) is 5.11 Å². The summed E-state index contributed by atoms with van der Waals surface area (Å²) in [5.41, 5.74) is 3.85. The lowest BCUT2D eigenvalue weighted by molar-refractivity contribution is 0.175. The highest BCUT2D eigenvalue weighted by atomic mass is 79.9. The van der Waals surface area contributed by atoms with Crippen molar-refractivity contribution in [1.82, 2.24) is 9.55 Å². The zero-order valence-corrected chi connectivity index (χ0v) is 16.9. The van der Waals surface area contributed by atoms with Crippen LogP contribution in [0.25, 0.3) is 11.0 Å². The van der Waals surface area contributed by atoms with E-state index in [2.05, 4.69) is 32.6 Å². The highest BCUT2D eigenvalue weighted by molar-refractivity contribution is 9.10. The number of hydrogen-bond acceptors (Lipinski definition) is 2. The van der Waals surface area contributed by atoms with E-state index in [1.807, 2.05) is 54.6 Å². The summed E-state index contributed by atoms with van der Waals surface area (Å²) in [6.07, 6.45) is -0.323. The Morgan fingerprint density at radius 1 is 0.963 bits per heavy atom. The van der Waals surface area contributed by atoms with Gasteiger partial charge in [-0.1, -0.05) is 76.1 Å². The fourth-order valence-corrected chi connectivity index (χ4v) is 3.95. The van der Waals surface area contributed by atoms with Crippen LogP contribution in [0.4, 0.5) is 0 Å². The van der Waals surface area contributed by atoms with Gasteiger partial charge in [0.1, 0.15) is 5.82 Å². The molecule has 0 spiro atoms. The maximum absolute atomic E-state index is 10.8. The van der Waals surface area contributed by atoms with Crippen LogP contribution < -0.4 is 0 Å². The quantitative estimate of drug-likeness (QED) is 0.426. The average molecular weight is 442 g/mol. The predicted molar refractivity (Wildman–Crippen MR) is 113 cm³/mol. The maximum atomic E-state index is 10.8. The summed E-state index contributed by atoms with van der Waals surface area (Å²) in [5.74, 6) is 0.833. The molecule has 5 heteroatoms. The SMILES string of the molecule is O[C@@H](Cc1nc2ccccc2n1Cc1ccccc1Br)c1ccccc1Cl. The lowest BCUT2D eigenvalue weighted by Gasteiger charge is -2.15. The minimum atomic E-state index is -0.714. The maximum Gasteiger partial charge on any atom is 0.113 e. The molecule has 1 heterocycles. The van der Waals surface area contributed by atoms with Crippen molar-refractivity contribution in [2.24, 2.45) is 0 Å². The van der Waals surface area contributed by atoms with Gasteiger partial charge < -0.3 is 9.67 Å². The van der Waals surface area contributed by atoms with Crippen molar-refractivity contribution in [2.75, 3.05) is 0 Å². The predicted octanol–water partition coefficient (Wildman–Crippen LogP) is 5.78. The molecule has 0 fully saturated rings. The van der Waals surface area contributed by atoms with Crippen LogP contribution in [0, 0.1) is 0 Å². The Bertz CT molecular complexity index is 1090. The van der Waals surface area contributed by atoms with Gasteiger partial charge in [-0.15, -0.1) is 0 Å². The lowest BCUT2D eigenvalue weighted by atomic mass is 10.1. The molecule has 0 amide bonds. The van der Waals surface area contributed by atoms with E-state index in [0.29, 0.717) is 18.0 Å². The van der Waals surface area contributed by atoms with Gasteiger partial charge in [0, 0.05) is 15.9 Å². The molecule has 1 aromatic heterocycles. The number of aliphatic hydroxyl groups is 1. The van der Waals surface area contributed by atoms with E-state index in [-0.39, 0.29) is 0 Å². The summed E-state index contributed by atoms with van der Waals surface area (Å²) < 4.78 is 3.22. The third-order valence-electron chi connectivity index (χ3n) is 4.66. The number of para-hydroxylation sites is 2. The van der Waals surface area contributed by atoms with Crippen molar-refractivity contribution in [3.05, 3.63) is 99.2 Å². The molecule has 4 rings (SSSR count). The Labute approximate surface area is 171 Å². The van der Waals surface area contributed by atoms with Crippen molar-refractivity contribution >= 4 is 38.6 Å². The zero-order valence-electron chi connectivity index (χ0n) is 14.5. The molecule has 0 saturated carbocycles. The minimum absolute atomic E-state index is 0.392. The Morgan fingerprint density at radius 3 is 2.48 bits per heavy atom. The van der Waals surface area contributed by atoms with Crippen molar-refractivity contribution in [1.29, 1.82) is 0 Å². The van der Waals surface area contributed by atoms with E-state index in [1.165, 1.54) is 0 Å². The molecule has 3 nitrogen and oxygen atoms in total. The highest BCUT2D eigenvalue weighted by Gasteiger charge is 2.18. The Kier molecular flexibility index (Phi) is 5.30. The summed E-state index contributed by atoms with van der Waals surface area (Å²) in [6, 6.07) is 23.6. The van der Waals surface area contributed by atoms with Crippen molar-refractivity contribution < 1.29 is 5.11 Å². The molecule has 0 aliphatic carbocycles. The molecule has 0 unspecified atom stereocenters. The number of imidazole rings is 1. The highest BCUT2D eigenvalue weighted by Crippen LogP contribution is 2.28. The summed E-state index contributed by atoms with van der Waals surface area (Å²) in [4.78, 5) is 4.78. The number of benzene rings is 3. The van der Waals surface area contributed by atoms with Crippen LogP contribution in [0.5, 0.6) is 0 Å². The van der Waals surface area contributed by atoms with E-state index in [1.54, 1.807) is 6.07 Å². The number of aliphatic hydroxyl groups excluding tert-OH is 1. The van der Waals surface area contributed by atoms with Crippen LogP contribution in [0.2, 0.25) is 5.02 Å². The monoisotopic (exact) mass is 440 g/mol. The molecular formula is C22H18BrClN2O. The molecule has 1 N–H and O–H groups in total. The third-order valence-corrected chi connectivity index (χ3v) is 5.78. The molecule has 4 aromatic rings. The first-order valence-corrected chi connectivity index (χ1v) is 9.90. The van der Waals surface area contributed by atoms with Crippen LogP contribution in [0.3, 0.4) is 0 Å². The summed E-state index contributed by atoms with van der Waals surface area (Å²) in [5, 5.41) is 11.3. The van der Waals surface area contributed by atoms with Gasteiger partial charge in [0.15, 0.2) is 0 Å². The molecular weight excluding hydrogens is 424 g/mol. The second-order valence-corrected chi connectivity index (χ2v) is 7.70. The number of nitrogens with zero attached hydrogens (tertiary/aromatic N) is 2. The number of fused-ring (bicyclic) bond motifs is 1. The summed E-state index contributed by atoms with van der Waals surface area (Å²) >= 11 is 9.89. The Morgan fingerprint density at radius 2 is 1.67 bits per heavy atom. The molecule has 136 valence electrons. The first kappa shape index (κ1) is 18.2. The molecule has 3 aromatic carbocycles. The largest absolute Gasteiger partial charge is 0.388 e. The van der Waals surface area contributed by atoms with Crippen LogP contribution in [-0.4, -0.2) is 14.7 Å². The Balaban J connectivity index is 1.74. The second kappa shape index (κ2) is 7.85. The van der Waals surface area contributed by atoms with Crippen LogP contribution in [-0.2, 0) is 13.0 Å². The summed E-state index contributed by atoms with van der Waals surface area (Å²) in [7, 11) is 0. The topological polar surface area (TPSA) is 38.1 Å². The van der Waals surface area contributed by atoms with Crippen LogP contribution in [0.15, 0.2) is 77.3 Å². The Hall–Kier alpha value is -2.14. The van der Waals surface area contributed by atoms with E-state index >= 15 is 0 Å². The summed E-state index contributed by atoms with van der Waals surface area (Å²) in [6.45, 7) is 0.673. The second-order valence-electron chi connectivity index (χ2n) is 6.44. The van der Waals surface area contributed by atoms with E-state index in [4.69, 9.17) is 16.6 Å². The fraction of sp³-hybridized carbons (Fsp3) is 0.136. The van der Waals surface area contributed by atoms with E-state index in [0.717, 1.165) is 32.5 Å². The van der Waals surface area contributed by atoms with Crippen molar-refractivity contribution in [3.63, 3.8) is 0 Å². The zero-order chi connectivity index (χ0) is 18.8.